The van der Waals surface area contributed by atoms with E-state index >= 15 is 0 Å². The topological polar surface area (TPSA) is 72.1 Å². The number of esters is 1. The second-order valence-corrected chi connectivity index (χ2v) is 9.66. The number of furan rings is 1. The summed E-state index contributed by atoms with van der Waals surface area (Å²) >= 11 is 1.35. The minimum Gasteiger partial charge on any atom is -0.462 e. The molecule has 0 bridgehead atoms. The molecular weight excluding hydrogens is 460 g/mol. The Morgan fingerprint density at radius 2 is 1.80 bits per heavy atom. The maximum atomic E-state index is 13.2. The van der Waals surface area contributed by atoms with Crippen molar-refractivity contribution in [1.82, 2.24) is 4.90 Å². The van der Waals surface area contributed by atoms with E-state index in [1.807, 2.05) is 55.5 Å². The lowest BCUT2D eigenvalue weighted by Gasteiger charge is -2.17. The molecule has 0 saturated carbocycles. The van der Waals surface area contributed by atoms with Gasteiger partial charge in [-0.05, 0) is 67.9 Å². The Morgan fingerprint density at radius 3 is 2.46 bits per heavy atom. The van der Waals surface area contributed by atoms with Crippen LogP contribution in [-0.4, -0.2) is 35.1 Å². The number of benzene rings is 2. The van der Waals surface area contributed by atoms with Crippen LogP contribution >= 0.6 is 11.8 Å². The van der Waals surface area contributed by atoms with Crippen LogP contribution in [0.15, 0.2) is 75.0 Å². The molecule has 6 nitrogen and oxygen atoms in total. The first kappa shape index (κ1) is 24.5. The van der Waals surface area contributed by atoms with Crippen LogP contribution in [0.3, 0.4) is 0 Å². The number of amides is 1. The third-order valence-electron chi connectivity index (χ3n) is 5.28. The standard InChI is InChI=1S/C28H28N2O4S/c1-5-33-27(32)21-10-8-20(9-11-21)24-15-14-23(34-24)16-25-26(31)30(17-18(2)3)28(35-25)29-22-12-6-19(4)7-13-22/h6-16,18H,5,17H2,1-4H3/b25-16+,29-28?. The highest BCUT2D eigenvalue weighted by Gasteiger charge is 2.34. The lowest BCUT2D eigenvalue weighted by molar-refractivity contribution is -0.122. The number of nitrogens with zero attached hydrogens (tertiary/aromatic N) is 2. The van der Waals surface area contributed by atoms with Crippen molar-refractivity contribution >= 4 is 40.6 Å². The smallest absolute Gasteiger partial charge is 0.338 e. The summed E-state index contributed by atoms with van der Waals surface area (Å²) in [7, 11) is 0. The first-order valence-electron chi connectivity index (χ1n) is 11.6. The number of aliphatic imine (C=N–C) groups is 1. The van der Waals surface area contributed by atoms with Crippen LogP contribution < -0.4 is 0 Å². The summed E-state index contributed by atoms with van der Waals surface area (Å²) < 4.78 is 11.0. The fourth-order valence-electron chi connectivity index (χ4n) is 3.55. The van der Waals surface area contributed by atoms with Crippen molar-refractivity contribution < 1.29 is 18.7 Å². The van der Waals surface area contributed by atoms with E-state index < -0.39 is 0 Å². The van der Waals surface area contributed by atoms with Crippen molar-refractivity contribution in [3.8, 4) is 11.3 Å². The van der Waals surface area contributed by atoms with Crippen LogP contribution in [0.2, 0.25) is 0 Å². The van der Waals surface area contributed by atoms with Gasteiger partial charge in [0.1, 0.15) is 11.5 Å². The Bertz CT molecular complexity index is 1270. The molecule has 2 aromatic carbocycles. The molecule has 180 valence electrons. The first-order valence-corrected chi connectivity index (χ1v) is 12.4. The molecule has 0 aliphatic carbocycles. The number of ether oxygens (including phenoxy) is 1. The molecular formula is C28H28N2O4S. The molecule has 4 rings (SSSR count). The first-order chi connectivity index (χ1) is 16.8. The summed E-state index contributed by atoms with van der Waals surface area (Å²) in [5, 5.41) is 0.667. The van der Waals surface area contributed by atoms with Crippen LogP contribution in [0.25, 0.3) is 17.4 Å². The molecule has 1 aliphatic heterocycles. The van der Waals surface area contributed by atoms with E-state index in [0.717, 1.165) is 16.8 Å². The van der Waals surface area contributed by atoms with E-state index in [-0.39, 0.29) is 11.9 Å². The summed E-state index contributed by atoms with van der Waals surface area (Å²) in [6.45, 7) is 8.88. The summed E-state index contributed by atoms with van der Waals surface area (Å²) in [5.74, 6) is 1.10. The largest absolute Gasteiger partial charge is 0.462 e. The Hall–Kier alpha value is -3.58. The van der Waals surface area contributed by atoms with Gasteiger partial charge < -0.3 is 9.15 Å². The molecule has 2 heterocycles. The van der Waals surface area contributed by atoms with Gasteiger partial charge >= 0.3 is 5.97 Å². The van der Waals surface area contributed by atoms with Gasteiger partial charge in [-0.25, -0.2) is 9.79 Å². The quantitative estimate of drug-likeness (QED) is 0.274. The van der Waals surface area contributed by atoms with Gasteiger partial charge in [0, 0.05) is 18.2 Å². The highest BCUT2D eigenvalue weighted by molar-refractivity contribution is 8.18. The van der Waals surface area contributed by atoms with Crippen LogP contribution in [0.1, 0.15) is 42.5 Å². The minimum atomic E-state index is -0.352. The number of hydrogen-bond donors (Lipinski definition) is 0. The molecule has 0 spiro atoms. The van der Waals surface area contributed by atoms with E-state index in [1.165, 1.54) is 11.8 Å². The number of hydrogen-bond acceptors (Lipinski definition) is 6. The molecule has 3 aromatic rings. The Balaban J connectivity index is 1.57. The summed E-state index contributed by atoms with van der Waals surface area (Å²) in [6, 6.07) is 18.7. The van der Waals surface area contributed by atoms with Crippen molar-refractivity contribution in [2.75, 3.05) is 13.2 Å². The predicted molar refractivity (Wildman–Crippen MR) is 140 cm³/mol. The highest BCUT2D eigenvalue weighted by atomic mass is 32.2. The number of amidine groups is 1. The third kappa shape index (κ3) is 5.92. The average molecular weight is 489 g/mol. The second-order valence-electron chi connectivity index (χ2n) is 8.65. The van der Waals surface area contributed by atoms with Gasteiger partial charge in [-0.1, -0.05) is 43.7 Å². The van der Waals surface area contributed by atoms with Gasteiger partial charge in [-0.2, -0.15) is 0 Å². The van der Waals surface area contributed by atoms with Crippen molar-refractivity contribution in [2.24, 2.45) is 10.9 Å². The minimum absolute atomic E-state index is 0.0775. The van der Waals surface area contributed by atoms with E-state index in [2.05, 4.69) is 13.8 Å². The van der Waals surface area contributed by atoms with Crippen LogP contribution in [0, 0.1) is 12.8 Å². The van der Waals surface area contributed by atoms with Gasteiger partial charge in [0.15, 0.2) is 5.17 Å². The zero-order chi connectivity index (χ0) is 24.9. The molecule has 0 unspecified atom stereocenters. The van der Waals surface area contributed by atoms with Crippen molar-refractivity contribution in [3.05, 3.63) is 82.5 Å². The average Bonchev–Trinajstić information content (AvgIpc) is 3.41. The second kappa shape index (κ2) is 10.8. The van der Waals surface area contributed by atoms with Crippen molar-refractivity contribution in [3.63, 3.8) is 0 Å². The Kier molecular flexibility index (Phi) is 7.56. The van der Waals surface area contributed by atoms with Gasteiger partial charge in [-0.3, -0.25) is 9.69 Å². The molecule has 0 radical (unpaired) electrons. The normalized spacial score (nSPS) is 16.0. The molecule has 1 fully saturated rings. The fourth-order valence-corrected chi connectivity index (χ4v) is 4.53. The lowest BCUT2D eigenvalue weighted by atomic mass is 10.1. The maximum Gasteiger partial charge on any atom is 0.338 e. The Labute approximate surface area is 209 Å². The van der Waals surface area contributed by atoms with Crippen molar-refractivity contribution in [1.29, 1.82) is 0 Å². The van der Waals surface area contributed by atoms with Crippen LogP contribution in [0.4, 0.5) is 5.69 Å². The third-order valence-corrected chi connectivity index (χ3v) is 6.28. The number of thioether (sulfide) groups is 1. The molecule has 7 heteroatoms. The lowest BCUT2D eigenvalue weighted by Crippen LogP contribution is -2.32. The van der Waals surface area contributed by atoms with Crippen LogP contribution in [0.5, 0.6) is 0 Å². The monoisotopic (exact) mass is 488 g/mol. The van der Waals surface area contributed by atoms with Crippen LogP contribution in [-0.2, 0) is 9.53 Å². The summed E-state index contributed by atoms with van der Waals surface area (Å²) in [5.41, 5.74) is 3.29. The predicted octanol–water partition coefficient (Wildman–Crippen LogP) is 6.69. The number of carbonyl (C=O) groups excluding carboxylic acids is 2. The van der Waals surface area contributed by atoms with Gasteiger partial charge in [-0.15, -0.1) is 0 Å². The maximum absolute atomic E-state index is 13.2. The zero-order valence-corrected chi connectivity index (χ0v) is 21.1. The molecule has 1 saturated heterocycles. The van der Waals surface area contributed by atoms with E-state index in [4.69, 9.17) is 14.1 Å². The molecule has 1 amide bonds. The fraction of sp³-hybridized carbons (Fsp3) is 0.250. The van der Waals surface area contributed by atoms with E-state index in [9.17, 15) is 9.59 Å². The van der Waals surface area contributed by atoms with Crippen molar-refractivity contribution in [2.45, 2.75) is 27.7 Å². The van der Waals surface area contributed by atoms with Gasteiger partial charge in [0.2, 0.25) is 0 Å². The Morgan fingerprint density at radius 1 is 1.09 bits per heavy atom. The van der Waals surface area contributed by atoms with E-state index in [0.29, 0.717) is 46.2 Å². The summed E-state index contributed by atoms with van der Waals surface area (Å²) in [6.07, 6.45) is 1.76. The molecule has 1 aliphatic rings. The number of aryl methyl sites for hydroxylation is 1. The van der Waals surface area contributed by atoms with E-state index in [1.54, 1.807) is 30.0 Å². The zero-order valence-electron chi connectivity index (χ0n) is 20.3. The molecule has 1 aromatic heterocycles. The number of rotatable bonds is 7. The van der Waals surface area contributed by atoms with Gasteiger partial charge in [0.05, 0.1) is 22.8 Å². The molecule has 0 atom stereocenters. The molecule has 35 heavy (non-hydrogen) atoms. The van der Waals surface area contributed by atoms with Gasteiger partial charge in [0.25, 0.3) is 5.91 Å². The number of carbonyl (C=O) groups is 2. The molecule has 0 N–H and O–H groups in total. The highest BCUT2D eigenvalue weighted by Crippen LogP contribution is 2.35. The SMILES string of the molecule is CCOC(=O)c1ccc(-c2ccc(/C=C3/SC(=Nc4ccc(C)cc4)N(CC(C)C)C3=O)o2)cc1. The summed E-state index contributed by atoms with van der Waals surface area (Å²) in [4.78, 5) is 32.1.